The van der Waals surface area contributed by atoms with Crippen molar-refractivity contribution in [2.24, 2.45) is 11.8 Å². The van der Waals surface area contributed by atoms with Crippen molar-refractivity contribution >= 4 is 0 Å². The Labute approximate surface area is 114 Å². The molecule has 0 saturated carbocycles. The summed E-state index contributed by atoms with van der Waals surface area (Å²) in [5.74, 6) is 0.220. The number of alkyl halides is 3. The molecule has 0 aromatic heterocycles. The first-order valence-corrected chi connectivity index (χ1v) is 6.72. The normalized spacial score (nSPS) is 27.0. The molecule has 2 nitrogen and oxygen atoms in total. The lowest BCUT2D eigenvalue weighted by molar-refractivity contribution is -0.138. The summed E-state index contributed by atoms with van der Waals surface area (Å²) < 4.78 is 51.9. The van der Waals surface area contributed by atoms with E-state index in [2.05, 4.69) is 5.32 Å². The van der Waals surface area contributed by atoms with E-state index >= 15 is 0 Å². The van der Waals surface area contributed by atoms with E-state index in [-0.39, 0.29) is 12.1 Å². The van der Waals surface area contributed by atoms with Crippen LogP contribution in [0.3, 0.4) is 0 Å². The molecule has 0 amide bonds. The van der Waals surface area contributed by atoms with Crippen LogP contribution in [0.25, 0.3) is 0 Å². The van der Waals surface area contributed by atoms with Crippen molar-refractivity contribution in [2.75, 3.05) is 26.2 Å². The molecule has 1 aromatic carbocycles. The van der Waals surface area contributed by atoms with Gasteiger partial charge in [0.1, 0.15) is 5.82 Å². The van der Waals surface area contributed by atoms with Crippen molar-refractivity contribution in [1.82, 2.24) is 10.2 Å². The molecule has 2 heterocycles. The number of likely N-dealkylation sites (tertiary alicyclic amines) is 1. The van der Waals surface area contributed by atoms with Gasteiger partial charge in [0.25, 0.3) is 0 Å². The van der Waals surface area contributed by atoms with Crippen LogP contribution in [-0.4, -0.2) is 31.1 Å². The largest absolute Gasteiger partial charge is 0.416 e. The zero-order chi connectivity index (χ0) is 14.3. The van der Waals surface area contributed by atoms with Crippen LogP contribution in [-0.2, 0) is 12.7 Å². The van der Waals surface area contributed by atoms with Gasteiger partial charge in [-0.25, -0.2) is 4.39 Å². The van der Waals surface area contributed by atoms with E-state index in [9.17, 15) is 17.6 Å². The molecule has 0 aliphatic carbocycles. The summed E-state index contributed by atoms with van der Waals surface area (Å²) in [7, 11) is 0. The minimum Gasteiger partial charge on any atom is -0.316 e. The van der Waals surface area contributed by atoms with Crippen LogP contribution in [0.15, 0.2) is 18.2 Å². The molecule has 1 N–H and O–H groups in total. The molecular formula is C14H16F4N2. The first kappa shape index (κ1) is 13.8. The lowest BCUT2D eigenvalue weighted by Crippen LogP contribution is -2.26. The number of fused-ring (bicyclic) bond motifs is 1. The van der Waals surface area contributed by atoms with Gasteiger partial charge in [0.05, 0.1) is 5.56 Å². The molecule has 0 radical (unpaired) electrons. The maximum atomic E-state index is 13.1. The SMILES string of the molecule is Fc1ccc(CN2C[C@H]3CNC[C@H]3C2)c(C(F)(F)F)c1. The van der Waals surface area contributed by atoms with E-state index in [0.717, 1.165) is 32.2 Å². The van der Waals surface area contributed by atoms with Crippen molar-refractivity contribution < 1.29 is 17.6 Å². The molecule has 1 aromatic rings. The van der Waals surface area contributed by atoms with Gasteiger partial charge >= 0.3 is 6.18 Å². The highest BCUT2D eigenvalue weighted by Gasteiger charge is 2.38. The summed E-state index contributed by atoms with van der Waals surface area (Å²) in [6.07, 6.45) is -4.51. The van der Waals surface area contributed by atoms with E-state index in [1.807, 2.05) is 4.90 Å². The Morgan fingerprint density at radius 3 is 2.40 bits per heavy atom. The third-order valence-electron chi connectivity index (χ3n) is 4.24. The van der Waals surface area contributed by atoms with E-state index < -0.39 is 17.6 Å². The average Bonchev–Trinajstić information content (AvgIpc) is 2.90. The molecule has 2 aliphatic rings. The standard InChI is InChI=1S/C14H16F4N2/c15-12-2-1-9(13(3-12)14(16,17)18)6-20-7-10-4-19-5-11(10)8-20/h1-3,10-11,19H,4-8H2/t10-,11+. The highest BCUT2D eigenvalue weighted by molar-refractivity contribution is 5.30. The van der Waals surface area contributed by atoms with Gasteiger partial charge in [-0.3, -0.25) is 4.90 Å². The lowest BCUT2D eigenvalue weighted by Gasteiger charge is -2.20. The zero-order valence-electron chi connectivity index (χ0n) is 10.9. The van der Waals surface area contributed by atoms with Crippen molar-refractivity contribution in [3.8, 4) is 0 Å². The molecule has 2 fully saturated rings. The number of hydrogen-bond acceptors (Lipinski definition) is 2. The smallest absolute Gasteiger partial charge is 0.316 e. The van der Waals surface area contributed by atoms with Crippen molar-refractivity contribution in [3.63, 3.8) is 0 Å². The Hall–Kier alpha value is -1.14. The quantitative estimate of drug-likeness (QED) is 0.841. The number of benzene rings is 1. The number of rotatable bonds is 2. The van der Waals surface area contributed by atoms with Crippen molar-refractivity contribution in [3.05, 3.63) is 35.1 Å². The first-order chi connectivity index (χ1) is 9.43. The predicted molar refractivity (Wildman–Crippen MR) is 66.5 cm³/mol. The minimum absolute atomic E-state index is 0.159. The van der Waals surface area contributed by atoms with Crippen LogP contribution in [0.4, 0.5) is 17.6 Å². The zero-order valence-corrected chi connectivity index (χ0v) is 10.9. The highest BCUT2D eigenvalue weighted by atomic mass is 19.4. The Balaban J connectivity index is 1.78. The van der Waals surface area contributed by atoms with Crippen LogP contribution in [0.5, 0.6) is 0 Å². The second kappa shape index (κ2) is 5.00. The van der Waals surface area contributed by atoms with Crippen LogP contribution in [0, 0.1) is 17.7 Å². The fourth-order valence-electron chi connectivity index (χ4n) is 3.27. The van der Waals surface area contributed by atoms with Crippen LogP contribution < -0.4 is 5.32 Å². The summed E-state index contributed by atoms with van der Waals surface area (Å²) >= 11 is 0. The monoisotopic (exact) mass is 288 g/mol. The molecule has 0 spiro atoms. The van der Waals surface area contributed by atoms with Gasteiger partial charge in [-0.2, -0.15) is 13.2 Å². The van der Waals surface area contributed by atoms with Gasteiger partial charge < -0.3 is 5.32 Å². The van der Waals surface area contributed by atoms with Gasteiger partial charge in [0.15, 0.2) is 0 Å². The fraction of sp³-hybridized carbons (Fsp3) is 0.571. The summed E-state index contributed by atoms with van der Waals surface area (Å²) in [6.45, 7) is 3.74. The molecule has 6 heteroatoms. The maximum Gasteiger partial charge on any atom is 0.416 e. The Morgan fingerprint density at radius 1 is 1.15 bits per heavy atom. The Bertz CT molecular complexity index is 488. The predicted octanol–water partition coefficient (Wildman–Crippen LogP) is 2.50. The second-order valence-corrected chi connectivity index (χ2v) is 5.67. The Kier molecular flexibility index (Phi) is 3.46. The van der Waals surface area contributed by atoms with Crippen molar-refractivity contribution in [1.29, 1.82) is 0 Å². The van der Waals surface area contributed by atoms with Gasteiger partial charge in [-0.1, -0.05) is 6.07 Å². The summed E-state index contributed by atoms with van der Waals surface area (Å²) in [6, 6.07) is 2.95. The van der Waals surface area contributed by atoms with Crippen LogP contribution in [0.2, 0.25) is 0 Å². The molecule has 2 atom stereocenters. The fourth-order valence-corrected chi connectivity index (χ4v) is 3.27. The minimum atomic E-state index is -4.51. The molecule has 0 unspecified atom stereocenters. The molecule has 20 heavy (non-hydrogen) atoms. The van der Waals surface area contributed by atoms with Gasteiger partial charge in [-0.05, 0) is 42.6 Å². The molecule has 110 valence electrons. The van der Waals surface area contributed by atoms with Crippen LogP contribution in [0.1, 0.15) is 11.1 Å². The molecule has 2 saturated heterocycles. The number of halogens is 4. The lowest BCUT2D eigenvalue weighted by atomic mass is 10.0. The third kappa shape index (κ3) is 2.67. The third-order valence-corrected chi connectivity index (χ3v) is 4.24. The number of nitrogens with one attached hydrogen (secondary N) is 1. The first-order valence-electron chi connectivity index (χ1n) is 6.72. The maximum absolute atomic E-state index is 13.1. The molecule has 3 rings (SSSR count). The summed E-state index contributed by atoms with van der Waals surface area (Å²) in [4.78, 5) is 2.04. The van der Waals surface area contributed by atoms with Crippen molar-refractivity contribution in [2.45, 2.75) is 12.7 Å². The van der Waals surface area contributed by atoms with Gasteiger partial charge in [-0.15, -0.1) is 0 Å². The van der Waals surface area contributed by atoms with Crippen LogP contribution >= 0.6 is 0 Å². The average molecular weight is 288 g/mol. The van der Waals surface area contributed by atoms with E-state index in [0.29, 0.717) is 17.9 Å². The van der Waals surface area contributed by atoms with E-state index in [1.165, 1.54) is 6.07 Å². The van der Waals surface area contributed by atoms with Gasteiger partial charge in [0.2, 0.25) is 0 Å². The van der Waals surface area contributed by atoms with E-state index in [4.69, 9.17) is 0 Å². The number of nitrogens with zero attached hydrogens (tertiary/aromatic N) is 1. The molecule has 0 bridgehead atoms. The summed E-state index contributed by atoms with van der Waals surface area (Å²) in [5.41, 5.74) is -0.695. The number of hydrogen-bond donors (Lipinski definition) is 1. The topological polar surface area (TPSA) is 15.3 Å². The summed E-state index contributed by atoms with van der Waals surface area (Å²) in [5, 5.41) is 3.30. The van der Waals surface area contributed by atoms with Gasteiger partial charge in [0, 0.05) is 19.6 Å². The molecule has 2 aliphatic heterocycles. The molecular weight excluding hydrogens is 272 g/mol. The second-order valence-electron chi connectivity index (χ2n) is 5.67. The van der Waals surface area contributed by atoms with E-state index in [1.54, 1.807) is 0 Å². The Morgan fingerprint density at radius 2 is 1.80 bits per heavy atom. The highest BCUT2D eigenvalue weighted by Crippen LogP contribution is 2.34.